The highest BCUT2D eigenvalue weighted by molar-refractivity contribution is 6.04. The first-order valence-electron chi connectivity index (χ1n) is 7.36. The Hall–Kier alpha value is -1.77. The van der Waals surface area contributed by atoms with Gasteiger partial charge in [-0.2, -0.15) is 0 Å². The molecule has 3 nitrogen and oxygen atoms in total. The summed E-state index contributed by atoms with van der Waals surface area (Å²) in [4.78, 5) is 11.6. The average Bonchev–Trinajstić information content (AvgIpc) is 2.66. The number of benzene rings is 1. The SMILES string of the molecule is CCCCn1c(C)c(CC)c2cc(C)cc(C(=O)O)c21. The molecule has 0 saturated heterocycles. The van der Waals surface area contributed by atoms with E-state index < -0.39 is 5.97 Å². The van der Waals surface area contributed by atoms with Gasteiger partial charge in [0.25, 0.3) is 0 Å². The lowest BCUT2D eigenvalue weighted by molar-refractivity contribution is 0.0698. The van der Waals surface area contributed by atoms with Crippen molar-refractivity contribution in [2.24, 2.45) is 0 Å². The van der Waals surface area contributed by atoms with Gasteiger partial charge in [0.1, 0.15) is 0 Å². The zero-order chi connectivity index (χ0) is 14.9. The number of carbonyl (C=O) groups is 1. The van der Waals surface area contributed by atoms with E-state index >= 15 is 0 Å². The van der Waals surface area contributed by atoms with Gasteiger partial charge in [-0.3, -0.25) is 0 Å². The molecule has 2 aromatic rings. The maximum absolute atomic E-state index is 11.6. The monoisotopic (exact) mass is 273 g/mol. The van der Waals surface area contributed by atoms with Crippen LogP contribution in [0.1, 0.15) is 53.9 Å². The molecule has 0 spiro atoms. The molecule has 1 heterocycles. The van der Waals surface area contributed by atoms with Gasteiger partial charge in [0.15, 0.2) is 0 Å². The molecule has 0 aliphatic heterocycles. The molecule has 108 valence electrons. The lowest BCUT2D eigenvalue weighted by atomic mass is 10.0. The van der Waals surface area contributed by atoms with E-state index in [1.807, 2.05) is 6.92 Å². The number of nitrogens with zero attached hydrogens (tertiary/aromatic N) is 1. The third-order valence-corrected chi connectivity index (χ3v) is 4.01. The van der Waals surface area contributed by atoms with Crippen molar-refractivity contribution in [3.63, 3.8) is 0 Å². The number of carboxylic acid groups (broad SMARTS) is 1. The minimum absolute atomic E-state index is 0.430. The molecule has 0 aliphatic rings. The minimum atomic E-state index is -0.836. The van der Waals surface area contributed by atoms with Gasteiger partial charge in [-0.15, -0.1) is 0 Å². The second-order valence-corrected chi connectivity index (χ2v) is 5.44. The highest BCUT2D eigenvalue weighted by Crippen LogP contribution is 2.31. The van der Waals surface area contributed by atoms with Gasteiger partial charge in [0, 0.05) is 17.6 Å². The molecule has 2 rings (SSSR count). The Morgan fingerprint density at radius 3 is 2.50 bits per heavy atom. The quantitative estimate of drug-likeness (QED) is 0.881. The molecule has 3 heteroatoms. The second kappa shape index (κ2) is 5.70. The molecule has 0 bridgehead atoms. The smallest absolute Gasteiger partial charge is 0.337 e. The predicted molar refractivity (Wildman–Crippen MR) is 82.7 cm³/mol. The van der Waals surface area contributed by atoms with Gasteiger partial charge in [-0.1, -0.05) is 20.3 Å². The molecule has 0 radical (unpaired) electrons. The maximum Gasteiger partial charge on any atom is 0.337 e. The molecular formula is C17H23NO2. The number of hydrogen-bond donors (Lipinski definition) is 1. The van der Waals surface area contributed by atoms with Gasteiger partial charge >= 0.3 is 5.97 Å². The van der Waals surface area contributed by atoms with Crippen molar-refractivity contribution in [3.05, 3.63) is 34.5 Å². The number of fused-ring (bicyclic) bond motifs is 1. The van der Waals surface area contributed by atoms with Crippen molar-refractivity contribution in [2.45, 2.75) is 53.5 Å². The largest absolute Gasteiger partial charge is 0.478 e. The summed E-state index contributed by atoms with van der Waals surface area (Å²) >= 11 is 0. The van der Waals surface area contributed by atoms with Crippen LogP contribution in [0, 0.1) is 13.8 Å². The van der Waals surface area contributed by atoms with Crippen LogP contribution in [0.3, 0.4) is 0 Å². The van der Waals surface area contributed by atoms with E-state index in [9.17, 15) is 9.90 Å². The van der Waals surface area contributed by atoms with Gasteiger partial charge in [-0.25, -0.2) is 4.79 Å². The van der Waals surface area contributed by atoms with Crippen LogP contribution in [0.25, 0.3) is 10.9 Å². The summed E-state index contributed by atoms with van der Waals surface area (Å²) in [7, 11) is 0. The zero-order valence-electron chi connectivity index (χ0n) is 12.8. The highest BCUT2D eigenvalue weighted by Gasteiger charge is 2.19. The number of hydrogen-bond acceptors (Lipinski definition) is 1. The van der Waals surface area contributed by atoms with E-state index in [2.05, 4.69) is 31.4 Å². The first-order chi connectivity index (χ1) is 9.51. The van der Waals surface area contributed by atoms with Gasteiger partial charge in [0.2, 0.25) is 0 Å². The van der Waals surface area contributed by atoms with Crippen LogP contribution in [0.2, 0.25) is 0 Å². The summed E-state index contributed by atoms with van der Waals surface area (Å²) in [5.41, 5.74) is 4.83. The Labute approximate surface area is 120 Å². The van der Waals surface area contributed by atoms with E-state index in [0.29, 0.717) is 5.56 Å². The topological polar surface area (TPSA) is 42.2 Å². The Balaban J connectivity index is 2.82. The normalized spacial score (nSPS) is 11.2. The first-order valence-corrected chi connectivity index (χ1v) is 7.36. The predicted octanol–water partition coefficient (Wildman–Crippen LogP) is 4.32. The van der Waals surface area contributed by atoms with Crippen LogP contribution in [0.4, 0.5) is 0 Å². The summed E-state index contributed by atoms with van der Waals surface area (Å²) in [6.07, 6.45) is 3.11. The van der Waals surface area contributed by atoms with Crippen LogP contribution in [0.15, 0.2) is 12.1 Å². The van der Waals surface area contributed by atoms with Crippen LogP contribution < -0.4 is 0 Å². The van der Waals surface area contributed by atoms with Crippen molar-refractivity contribution < 1.29 is 9.90 Å². The number of aromatic carboxylic acids is 1. The van der Waals surface area contributed by atoms with Crippen LogP contribution >= 0.6 is 0 Å². The van der Waals surface area contributed by atoms with Crippen LogP contribution in [0.5, 0.6) is 0 Å². The molecule has 0 aliphatic carbocycles. The molecule has 0 unspecified atom stereocenters. The van der Waals surface area contributed by atoms with Crippen LogP contribution in [-0.2, 0) is 13.0 Å². The molecular weight excluding hydrogens is 250 g/mol. The first kappa shape index (κ1) is 14.6. The van der Waals surface area contributed by atoms with Crippen molar-refractivity contribution >= 4 is 16.9 Å². The average molecular weight is 273 g/mol. The fourth-order valence-electron chi connectivity index (χ4n) is 3.03. The Kier molecular flexibility index (Phi) is 4.17. The summed E-state index contributed by atoms with van der Waals surface area (Å²) < 4.78 is 2.19. The Morgan fingerprint density at radius 1 is 1.25 bits per heavy atom. The second-order valence-electron chi connectivity index (χ2n) is 5.44. The van der Waals surface area contributed by atoms with E-state index in [0.717, 1.165) is 42.3 Å². The van der Waals surface area contributed by atoms with Gasteiger partial charge in [0.05, 0.1) is 11.1 Å². The number of carboxylic acids is 1. The molecule has 1 aromatic carbocycles. The van der Waals surface area contributed by atoms with Crippen molar-refractivity contribution in [3.8, 4) is 0 Å². The van der Waals surface area contributed by atoms with Crippen LogP contribution in [-0.4, -0.2) is 15.6 Å². The van der Waals surface area contributed by atoms with E-state index in [1.54, 1.807) is 6.07 Å². The summed E-state index contributed by atoms with van der Waals surface area (Å²) in [6, 6.07) is 3.90. The number of unbranched alkanes of at least 4 members (excludes halogenated alkanes) is 1. The Morgan fingerprint density at radius 2 is 1.95 bits per heavy atom. The minimum Gasteiger partial charge on any atom is -0.478 e. The van der Waals surface area contributed by atoms with Crippen molar-refractivity contribution in [1.82, 2.24) is 4.57 Å². The molecule has 1 aromatic heterocycles. The molecule has 0 saturated carbocycles. The van der Waals surface area contributed by atoms with E-state index in [-0.39, 0.29) is 0 Å². The lowest BCUT2D eigenvalue weighted by Gasteiger charge is -2.10. The summed E-state index contributed by atoms with van der Waals surface area (Å²) in [5, 5.41) is 10.6. The molecule has 20 heavy (non-hydrogen) atoms. The molecule has 0 fully saturated rings. The van der Waals surface area contributed by atoms with Crippen molar-refractivity contribution in [1.29, 1.82) is 0 Å². The third kappa shape index (κ3) is 2.33. The zero-order valence-corrected chi connectivity index (χ0v) is 12.8. The third-order valence-electron chi connectivity index (χ3n) is 4.01. The van der Waals surface area contributed by atoms with Gasteiger partial charge in [-0.05, 0) is 49.9 Å². The summed E-state index contributed by atoms with van der Waals surface area (Å²) in [6.45, 7) is 9.25. The Bertz CT molecular complexity index is 653. The number of aromatic nitrogens is 1. The van der Waals surface area contributed by atoms with E-state index in [1.165, 1.54) is 11.3 Å². The number of aryl methyl sites for hydroxylation is 3. The maximum atomic E-state index is 11.6. The highest BCUT2D eigenvalue weighted by atomic mass is 16.4. The fraction of sp³-hybridized carbons (Fsp3) is 0.471. The summed E-state index contributed by atoms with van der Waals surface area (Å²) in [5.74, 6) is -0.836. The molecule has 0 atom stereocenters. The fourth-order valence-corrected chi connectivity index (χ4v) is 3.03. The van der Waals surface area contributed by atoms with E-state index in [4.69, 9.17) is 0 Å². The van der Waals surface area contributed by atoms with Gasteiger partial charge < -0.3 is 9.67 Å². The van der Waals surface area contributed by atoms with Crippen molar-refractivity contribution in [2.75, 3.05) is 0 Å². The number of rotatable bonds is 5. The molecule has 0 amide bonds. The molecule has 1 N–H and O–H groups in total. The standard InChI is InChI=1S/C17H23NO2/c1-5-7-8-18-12(4)13(6-2)14-9-11(3)10-15(16(14)18)17(19)20/h9-10H,5-8H2,1-4H3,(H,19,20). The lowest BCUT2D eigenvalue weighted by Crippen LogP contribution is -2.05.